The maximum absolute atomic E-state index is 14.2. The zero-order chi connectivity index (χ0) is 21.7. The minimum absolute atomic E-state index is 0.0779. The third-order valence-electron chi connectivity index (χ3n) is 6.54. The van der Waals surface area contributed by atoms with Gasteiger partial charge in [0, 0.05) is 11.3 Å². The van der Waals surface area contributed by atoms with Gasteiger partial charge in [0.2, 0.25) is 5.91 Å². The van der Waals surface area contributed by atoms with Crippen molar-refractivity contribution in [1.82, 2.24) is 0 Å². The highest BCUT2D eigenvalue weighted by Crippen LogP contribution is 2.52. The van der Waals surface area contributed by atoms with Crippen molar-refractivity contribution in [2.45, 2.75) is 12.0 Å². The SMILES string of the molecule is O=C1N(Cc2ccccc2-c2ccccc2)c2ccccc2C12COc1ccc(F)cc12. The molecule has 1 unspecified atom stereocenters. The smallest absolute Gasteiger partial charge is 0.246 e. The molecule has 6 rings (SSSR count). The standard InChI is InChI=1S/C28H20FNO2/c29-21-14-15-26-24(16-21)28(18-32-26)23-12-6-7-13-25(23)30(27(28)31)17-20-10-4-5-11-22(20)19-8-2-1-3-9-19/h1-16H,17-18H2. The molecule has 0 fully saturated rings. The van der Waals surface area contributed by atoms with E-state index in [1.807, 2.05) is 59.5 Å². The second-order valence-electron chi connectivity index (χ2n) is 8.27. The van der Waals surface area contributed by atoms with Gasteiger partial charge in [0.25, 0.3) is 0 Å². The number of fused-ring (bicyclic) bond motifs is 4. The Hall–Kier alpha value is -3.92. The van der Waals surface area contributed by atoms with Crippen LogP contribution in [0.2, 0.25) is 0 Å². The van der Waals surface area contributed by atoms with Crippen molar-refractivity contribution >= 4 is 11.6 Å². The average molecular weight is 421 g/mol. The zero-order valence-corrected chi connectivity index (χ0v) is 17.3. The monoisotopic (exact) mass is 421 g/mol. The Labute approximate surface area is 185 Å². The number of amides is 1. The van der Waals surface area contributed by atoms with Gasteiger partial charge in [-0.25, -0.2) is 4.39 Å². The molecule has 0 bridgehead atoms. The normalized spacial score (nSPS) is 18.5. The molecule has 2 aliphatic rings. The molecule has 1 atom stereocenters. The first-order valence-electron chi connectivity index (χ1n) is 10.7. The topological polar surface area (TPSA) is 29.5 Å². The molecular formula is C28H20FNO2. The fourth-order valence-corrected chi connectivity index (χ4v) is 5.03. The third kappa shape index (κ3) is 2.62. The summed E-state index contributed by atoms with van der Waals surface area (Å²) in [5, 5.41) is 0. The number of ether oxygens (including phenoxy) is 1. The summed E-state index contributed by atoms with van der Waals surface area (Å²) >= 11 is 0. The largest absolute Gasteiger partial charge is 0.491 e. The molecule has 1 amide bonds. The molecule has 4 aromatic rings. The molecule has 4 aromatic carbocycles. The Balaban J connectivity index is 1.48. The molecule has 0 aromatic heterocycles. The molecule has 0 aliphatic carbocycles. The fourth-order valence-electron chi connectivity index (χ4n) is 5.03. The Morgan fingerprint density at radius 1 is 0.844 bits per heavy atom. The van der Waals surface area contributed by atoms with Gasteiger partial charge in [-0.15, -0.1) is 0 Å². The molecule has 2 aliphatic heterocycles. The number of carbonyl (C=O) groups is 1. The number of hydrogen-bond donors (Lipinski definition) is 0. The van der Waals surface area contributed by atoms with Crippen LogP contribution in [0.1, 0.15) is 16.7 Å². The van der Waals surface area contributed by atoms with Crippen LogP contribution in [-0.4, -0.2) is 12.5 Å². The summed E-state index contributed by atoms with van der Waals surface area (Å²) in [5.41, 5.74) is 4.55. The summed E-state index contributed by atoms with van der Waals surface area (Å²) in [6.45, 7) is 0.603. The van der Waals surface area contributed by atoms with E-state index in [0.717, 1.165) is 27.9 Å². The Bertz CT molecular complexity index is 1350. The van der Waals surface area contributed by atoms with E-state index in [9.17, 15) is 9.18 Å². The van der Waals surface area contributed by atoms with E-state index in [-0.39, 0.29) is 18.3 Å². The first-order chi connectivity index (χ1) is 15.7. The predicted octanol–water partition coefficient (Wildman–Crippen LogP) is 5.72. The van der Waals surface area contributed by atoms with E-state index in [1.165, 1.54) is 12.1 Å². The van der Waals surface area contributed by atoms with Gasteiger partial charge in [-0.05, 0) is 46.5 Å². The van der Waals surface area contributed by atoms with Crippen molar-refractivity contribution in [3.8, 4) is 16.9 Å². The molecule has 0 radical (unpaired) electrons. The summed E-state index contributed by atoms with van der Waals surface area (Å²) in [4.78, 5) is 15.9. The van der Waals surface area contributed by atoms with Gasteiger partial charge in [-0.2, -0.15) is 0 Å². The van der Waals surface area contributed by atoms with E-state index >= 15 is 0 Å². The molecule has 156 valence electrons. The van der Waals surface area contributed by atoms with Crippen LogP contribution in [0.4, 0.5) is 10.1 Å². The van der Waals surface area contributed by atoms with Crippen LogP contribution in [0.3, 0.4) is 0 Å². The highest BCUT2D eigenvalue weighted by atomic mass is 19.1. The molecule has 0 N–H and O–H groups in total. The van der Waals surface area contributed by atoms with Crippen molar-refractivity contribution in [3.63, 3.8) is 0 Å². The van der Waals surface area contributed by atoms with Gasteiger partial charge in [-0.1, -0.05) is 72.8 Å². The maximum Gasteiger partial charge on any atom is 0.246 e. The highest BCUT2D eigenvalue weighted by molar-refractivity contribution is 6.11. The van der Waals surface area contributed by atoms with E-state index in [1.54, 1.807) is 6.07 Å². The van der Waals surface area contributed by atoms with Crippen molar-refractivity contribution in [2.75, 3.05) is 11.5 Å². The number of benzene rings is 4. The lowest BCUT2D eigenvalue weighted by molar-refractivity contribution is -0.122. The first-order valence-corrected chi connectivity index (χ1v) is 10.7. The molecular weight excluding hydrogens is 401 g/mol. The van der Waals surface area contributed by atoms with Crippen LogP contribution in [-0.2, 0) is 16.8 Å². The van der Waals surface area contributed by atoms with Crippen LogP contribution >= 0.6 is 0 Å². The summed E-state index contributed by atoms with van der Waals surface area (Å²) in [7, 11) is 0. The van der Waals surface area contributed by atoms with Gasteiger partial charge in [0.1, 0.15) is 23.6 Å². The van der Waals surface area contributed by atoms with Crippen LogP contribution < -0.4 is 9.64 Å². The third-order valence-corrected chi connectivity index (χ3v) is 6.54. The molecule has 4 heteroatoms. The summed E-state index contributed by atoms with van der Waals surface area (Å²) < 4.78 is 20.1. The number of para-hydroxylation sites is 1. The second-order valence-corrected chi connectivity index (χ2v) is 8.27. The molecule has 2 heterocycles. The lowest BCUT2D eigenvalue weighted by Gasteiger charge is -2.24. The van der Waals surface area contributed by atoms with Gasteiger partial charge in [0.15, 0.2) is 0 Å². The lowest BCUT2D eigenvalue weighted by Crippen LogP contribution is -2.42. The Morgan fingerprint density at radius 2 is 1.59 bits per heavy atom. The molecule has 0 saturated heterocycles. The van der Waals surface area contributed by atoms with Crippen LogP contribution in [0, 0.1) is 5.82 Å². The van der Waals surface area contributed by atoms with E-state index in [0.29, 0.717) is 17.9 Å². The number of halogens is 1. The quantitative estimate of drug-likeness (QED) is 0.424. The molecule has 1 spiro atoms. The van der Waals surface area contributed by atoms with Crippen LogP contribution in [0.25, 0.3) is 11.1 Å². The van der Waals surface area contributed by atoms with Gasteiger partial charge in [0.05, 0.1) is 6.54 Å². The van der Waals surface area contributed by atoms with Crippen molar-refractivity contribution in [3.05, 3.63) is 120 Å². The van der Waals surface area contributed by atoms with Gasteiger partial charge >= 0.3 is 0 Å². The lowest BCUT2D eigenvalue weighted by atomic mass is 9.77. The number of hydrogen-bond acceptors (Lipinski definition) is 2. The fraction of sp³-hybridized carbons (Fsp3) is 0.107. The van der Waals surface area contributed by atoms with Crippen LogP contribution in [0.5, 0.6) is 5.75 Å². The summed E-state index contributed by atoms with van der Waals surface area (Å²) in [5.74, 6) is 0.124. The molecule has 0 saturated carbocycles. The molecule has 32 heavy (non-hydrogen) atoms. The van der Waals surface area contributed by atoms with Gasteiger partial charge in [-0.3, -0.25) is 4.79 Å². The zero-order valence-electron chi connectivity index (χ0n) is 17.3. The highest BCUT2D eigenvalue weighted by Gasteiger charge is 2.56. The second kappa shape index (κ2) is 7.06. The first kappa shape index (κ1) is 18.8. The van der Waals surface area contributed by atoms with Crippen molar-refractivity contribution in [2.24, 2.45) is 0 Å². The van der Waals surface area contributed by atoms with E-state index in [4.69, 9.17) is 4.74 Å². The average Bonchev–Trinajstić information content (AvgIpc) is 3.32. The summed E-state index contributed by atoms with van der Waals surface area (Å²) in [6.07, 6.45) is 0. The van der Waals surface area contributed by atoms with Crippen molar-refractivity contribution in [1.29, 1.82) is 0 Å². The Kier molecular flexibility index (Phi) is 4.15. The predicted molar refractivity (Wildman–Crippen MR) is 122 cm³/mol. The number of nitrogens with zero attached hydrogens (tertiary/aromatic N) is 1. The van der Waals surface area contributed by atoms with E-state index < -0.39 is 5.41 Å². The van der Waals surface area contributed by atoms with Gasteiger partial charge < -0.3 is 9.64 Å². The van der Waals surface area contributed by atoms with Crippen LogP contribution in [0.15, 0.2) is 97.1 Å². The minimum Gasteiger partial charge on any atom is -0.491 e. The number of rotatable bonds is 3. The maximum atomic E-state index is 14.2. The van der Waals surface area contributed by atoms with E-state index in [2.05, 4.69) is 24.3 Å². The number of carbonyl (C=O) groups excluding carboxylic acids is 1. The Morgan fingerprint density at radius 3 is 2.47 bits per heavy atom. The summed E-state index contributed by atoms with van der Waals surface area (Å²) in [6, 6.07) is 30.5. The van der Waals surface area contributed by atoms with Crippen molar-refractivity contribution < 1.29 is 13.9 Å². The number of anilines is 1. The minimum atomic E-state index is -1.02. The molecule has 3 nitrogen and oxygen atoms in total.